The molecule has 1 amide bonds. The molecule has 0 bridgehead atoms. The number of nitrogens with one attached hydrogen (secondary N) is 1. The molecule has 27 heavy (non-hydrogen) atoms. The molecular formula is C19H16BrClNO3PS. The van der Waals surface area contributed by atoms with Gasteiger partial charge in [0.15, 0.2) is 8.03 Å². The summed E-state index contributed by atoms with van der Waals surface area (Å²) in [5, 5.41) is 5.98. The van der Waals surface area contributed by atoms with Crippen molar-refractivity contribution in [2.24, 2.45) is 0 Å². The number of carbonyl (C=O) groups excluding carboxylic acids is 1. The maximum absolute atomic E-state index is 12.7. The number of thiophene rings is 1. The van der Waals surface area contributed by atoms with Crippen molar-refractivity contribution in [1.82, 2.24) is 5.32 Å². The SMILES string of the molecule is O=C(N/C=C/c1ccccc1Br)C(C[PH](=O)O)c1csc2ccc(Cl)cc12. The Hall–Kier alpha value is -1.43. The van der Waals surface area contributed by atoms with Gasteiger partial charge >= 0.3 is 0 Å². The zero-order chi connectivity index (χ0) is 19.4. The molecule has 140 valence electrons. The van der Waals surface area contributed by atoms with Gasteiger partial charge in [-0.2, -0.15) is 0 Å². The minimum absolute atomic E-state index is 0.113. The van der Waals surface area contributed by atoms with Crippen LogP contribution < -0.4 is 5.32 Å². The van der Waals surface area contributed by atoms with Gasteiger partial charge in [-0.3, -0.25) is 9.36 Å². The van der Waals surface area contributed by atoms with Gasteiger partial charge in [-0.05, 0) is 52.2 Å². The molecule has 1 heterocycles. The van der Waals surface area contributed by atoms with Gasteiger partial charge in [0, 0.05) is 26.6 Å². The van der Waals surface area contributed by atoms with Crippen LogP contribution >= 0.6 is 46.9 Å². The molecule has 8 heteroatoms. The van der Waals surface area contributed by atoms with Gasteiger partial charge in [-0.15, -0.1) is 11.3 Å². The molecule has 0 aliphatic heterocycles. The molecule has 0 saturated carbocycles. The Morgan fingerprint density at radius 3 is 2.85 bits per heavy atom. The van der Waals surface area contributed by atoms with Crippen LogP contribution in [0.5, 0.6) is 0 Å². The molecule has 0 aliphatic rings. The lowest BCUT2D eigenvalue weighted by Gasteiger charge is -2.14. The van der Waals surface area contributed by atoms with Crippen LogP contribution in [0.3, 0.4) is 0 Å². The van der Waals surface area contributed by atoms with Crippen LogP contribution in [0.15, 0.2) is 58.5 Å². The maximum Gasteiger partial charge on any atom is 0.232 e. The normalized spacial score (nSPS) is 13.7. The Bertz CT molecular complexity index is 1040. The van der Waals surface area contributed by atoms with Crippen LogP contribution in [0.2, 0.25) is 5.02 Å². The summed E-state index contributed by atoms with van der Waals surface area (Å²) in [5.41, 5.74) is 1.63. The Balaban J connectivity index is 1.85. The monoisotopic (exact) mass is 483 g/mol. The third kappa shape index (κ3) is 5.09. The summed E-state index contributed by atoms with van der Waals surface area (Å²) < 4.78 is 13.4. The molecule has 0 saturated heterocycles. The first-order valence-electron chi connectivity index (χ1n) is 8.05. The quantitative estimate of drug-likeness (QED) is 0.444. The first-order valence-corrected chi connectivity index (χ1v) is 11.7. The van der Waals surface area contributed by atoms with Gasteiger partial charge in [0.05, 0.1) is 5.92 Å². The summed E-state index contributed by atoms with van der Waals surface area (Å²) in [4.78, 5) is 22.2. The van der Waals surface area contributed by atoms with Gasteiger partial charge in [0.25, 0.3) is 0 Å². The maximum atomic E-state index is 12.7. The standard InChI is InChI=1S/C19H16BrClNO3PS/c20-17-4-2-1-3-12(17)7-8-22-19(23)15(10-26(24)25)16-11-27-18-6-5-13(21)9-14(16)18/h1-9,11,15,26H,10H2,(H,22,23)(H,24,25)/b8-7+. The molecule has 2 atom stereocenters. The van der Waals surface area contributed by atoms with E-state index in [9.17, 15) is 14.3 Å². The molecule has 3 aromatic rings. The third-order valence-corrected chi connectivity index (χ3v) is 6.73. The van der Waals surface area contributed by atoms with E-state index in [1.165, 1.54) is 11.3 Å². The van der Waals surface area contributed by atoms with Crippen molar-refractivity contribution in [2.45, 2.75) is 5.92 Å². The predicted molar refractivity (Wildman–Crippen MR) is 117 cm³/mol. The zero-order valence-electron chi connectivity index (χ0n) is 14.0. The highest BCUT2D eigenvalue weighted by Gasteiger charge is 2.25. The van der Waals surface area contributed by atoms with Crippen LogP contribution in [-0.2, 0) is 9.36 Å². The summed E-state index contributed by atoms with van der Waals surface area (Å²) in [6.07, 6.45) is 3.20. The minimum Gasteiger partial charge on any atom is -0.346 e. The van der Waals surface area contributed by atoms with Gasteiger partial charge in [0.2, 0.25) is 5.91 Å². The van der Waals surface area contributed by atoms with Gasteiger partial charge in [-0.25, -0.2) is 0 Å². The highest BCUT2D eigenvalue weighted by molar-refractivity contribution is 9.10. The fourth-order valence-corrected chi connectivity index (χ4v) is 5.07. The highest BCUT2D eigenvalue weighted by Crippen LogP contribution is 2.36. The van der Waals surface area contributed by atoms with E-state index in [-0.39, 0.29) is 12.1 Å². The molecule has 0 aliphatic carbocycles. The number of rotatable bonds is 6. The van der Waals surface area contributed by atoms with Crippen molar-refractivity contribution < 1.29 is 14.3 Å². The fraction of sp³-hybridized carbons (Fsp3) is 0.105. The van der Waals surface area contributed by atoms with Crippen molar-refractivity contribution in [3.8, 4) is 0 Å². The first-order chi connectivity index (χ1) is 13.0. The molecule has 2 N–H and O–H groups in total. The largest absolute Gasteiger partial charge is 0.346 e. The number of hydrogen-bond donors (Lipinski definition) is 2. The van der Waals surface area contributed by atoms with E-state index in [1.54, 1.807) is 24.4 Å². The average Bonchev–Trinajstić information content (AvgIpc) is 3.03. The summed E-state index contributed by atoms with van der Waals surface area (Å²) in [6.45, 7) is 0. The summed E-state index contributed by atoms with van der Waals surface area (Å²) in [7, 11) is -2.83. The van der Waals surface area contributed by atoms with Gasteiger partial charge in [0.1, 0.15) is 0 Å². The van der Waals surface area contributed by atoms with E-state index >= 15 is 0 Å². The lowest BCUT2D eigenvalue weighted by Crippen LogP contribution is -2.26. The van der Waals surface area contributed by atoms with E-state index < -0.39 is 13.9 Å². The summed E-state index contributed by atoms with van der Waals surface area (Å²) >= 11 is 11.0. The van der Waals surface area contributed by atoms with Gasteiger partial charge < -0.3 is 10.2 Å². The van der Waals surface area contributed by atoms with E-state index in [2.05, 4.69) is 21.2 Å². The van der Waals surface area contributed by atoms with Crippen LogP contribution in [0.25, 0.3) is 16.2 Å². The number of carbonyl (C=O) groups is 1. The molecule has 0 spiro atoms. The lowest BCUT2D eigenvalue weighted by atomic mass is 9.99. The van der Waals surface area contributed by atoms with E-state index in [0.29, 0.717) is 5.02 Å². The van der Waals surface area contributed by atoms with E-state index in [0.717, 1.165) is 25.7 Å². The van der Waals surface area contributed by atoms with Crippen LogP contribution in [0, 0.1) is 0 Å². The first kappa shape index (κ1) is 20.3. The third-order valence-electron chi connectivity index (χ3n) is 4.03. The van der Waals surface area contributed by atoms with Crippen molar-refractivity contribution >= 4 is 69.0 Å². The van der Waals surface area contributed by atoms with Crippen molar-refractivity contribution in [3.05, 3.63) is 74.7 Å². The fourth-order valence-electron chi connectivity index (χ4n) is 2.73. The van der Waals surface area contributed by atoms with Crippen LogP contribution in [0.4, 0.5) is 0 Å². The van der Waals surface area contributed by atoms with Crippen LogP contribution in [0.1, 0.15) is 17.0 Å². The number of benzene rings is 2. The topological polar surface area (TPSA) is 66.4 Å². The molecule has 0 radical (unpaired) electrons. The van der Waals surface area contributed by atoms with Crippen molar-refractivity contribution in [2.75, 3.05) is 6.16 Å². The molecule has 0 fully saturated rings. The van der Waals surface area contributed by atoms with Crippen molar-refractivity contribution in [1.29, 1.82) is 0 Å². The number of amides is 1. The second-order valence-electron chi connectivity index (χ2n) is 5.85. The molecule has 1 aromatic heterocycles. The Morgan fingerprint density at radius 1 is 1.33 bits per heavy atom. The number of halogens is 2. The summed E-state index contributed by atoms with van der Waals surface area (Å²) in [6, 6.07) is 13.1. The highest BCUT2D eigenvalue weighted by atomic mass is 79.9. The minimum atomic E-state index is -2.83. The number of hydrogen-bond acceptors (Lipinski definition) is 3. The Kier molecular flexibility index (Phi) is 6.90. The molecule has 2 unspecified atom stereocenters. The number of fused-ring (bicyclic) bond motifs is 1. The summed E-state index contributed by atoms with van der Waals surface area (Å²) in [5.74, 6) is -1.05. The zero-order valence-corrected chi connectivity index (χ0v) is 18.1. The smallest absolute Gasteiger partial charge is 0.232 e. The van der Waals surface area contributed by atoms with Crippen LogP contribution in [-0.4, -0.2) is 17.0 Å². The average molecular weight is 485 g/mol. The van der Waals surface area contributed by atoms with E-state index in [1.807, 2.05) is 35.7 Å². The second-order valence-corrected chi connectivity index (χ2v) is 9.24. The van der Waals surface area contributed by atoms with E-state index in [4.69, 9.17) is 11.6 Å². The Morgan fingerprint density at radius 2 is 2.11 bits per heavy atom. The van der Waals surface area contributed by atoms with Gasteiger partial charge in [-0.1, -0.05) is 45.7 Å². The molecule has 4 nitrogen and oxygen atoms in total. The lowest BCUT2D eigenvalue weighted by molar-refractivity contribution is -0.121. The molecular weight excluding hydrogens is 469 g/mol. The molecule has 3 rings (SSSR count). The second kappa shape index (κ2) is 9.18. The molecule has 2 aromatic carbocycles. The predicted octanol–water partition coefficient (Wildman–Crippen LogP) is 5.65. The van der Waals surface area contributed by atoms with Crippen molar-refractivity contribution in [3.63, 3.8) is 0 Å². The Labute approximate surface area is 174 Å².